The van der Waals surface area contributed by atoms with Crippen LogP contribution in [0.25, 0.3) is 10.9 Å². The summed E-state index contributed by atoms with van der Waals surface area (Å²) in [5.41, 5.74) is -1.20. The van der Waals surface area contributed by atoms with Gasteiger partial charge >= 0.3 is 12.1 Å². The van der Waals surface area contributed by atoms with Crippen LogP contribution < -0.4 is 14.4 Å². The molecule has 7 rings (SSSR count). The fourth-order valence-electron chi connectivity index (χ4n) is 7.77. The number of aromatic nitrogens is 2. The Morgan fingerprint density at radius 1 is 1.14 bits per heavy atom. The van der Waals surface area contributed by atoms with Crippen LogP contribution in [-0.2, 0) is 4.74 Å². The van der Waals surface area contributed by atoms with Crippen molar-refractivity contribution >= 4 is 38.7 Å². The number of alkyl halides is 1. The van der Waals surface area contributed by atoms with E-state index in [1.54, 1.807) is 0 Å². The van der Waals surface area contributed by atoms with Gasteiger partial charge in [-0.15, -0.1) is 0 Å². The Hall–Kier alpha value is -2.54. The van der Waals surface area contributed by atoms with Crippen molar-refractivity contribution in [1.29, 1.82) is 0 Å². The molecule has 3 unspecified atom stereocenters. The molecule has 1 aromatic carbocycles. The van der Waals surface area contributed by atoms with E-state index < -0.39 is 28.9 Å². The molecule has 0 N–H and O–H groups in total. The Labute approximate surface area is 250 Å². The SMILES string of the molecule is CC(C)(C)OC(=O)N1C2CCC1C1CCOc3c(F)c(Br)c(F)c4nc(OC[C@@]56CCCN5C[C@H](F)C6)nc(c34)N1C2. The highest BCUT2D eigenvalue weighted by atomic mass is 79.9. The molecule has 0 radical (unpaired) electrons. The third kappa shape index (κ3) is 4.48. The summed E-state index contributed by atoms with van der Waals surface area (Å²) in [5, 5.41) is 0.140. The second kappa shape index (κ2) is 10.0. The highest BCUT2D eigenvalue weighted by Crippen LogP contribution is 2.47. The molecule has 4 fully saturated rings. The predicted molar refractivity (Wildman–Crippen MR) is 152 cm³/mol. The number of rotatable bonds is 3. The molecule has 13 heteroatoms. The molecule has 6 heterocycles. The number of carbonyl (C=O) groups is 1. The van der Waals surface area contributed by atoms with E-state index in [9.17, 15) is 9.18 Å². The Morgan fingerprint density at radius 3 is 2.74 bits per heavy atom. The summed E-state index contributed by atoms with van der Waals surface area (Å²) in [4.78, 5) is 28.4. The third-order valence-electron chi connectivity index (χ3n) is 9.45. The maximum absolute atomic E-state index is 15.7. The topological polar surface area (TPSA) is 80.3 Å². The Balaban J connectivity index is 1.30. The van der Waals surface area contributed by atoms with Crippen LogP contribution in [0.2, 0.25) is 0 Å². The summed E-state index contributed by atoms with van der Waals surface area (Å²) < 4.78 is 63.0. The lowest BCUT2D eigenvalue weighted by Crippen LogP contribution is -2.62. The molecule has 42 heavy (non-hydrogen) atoms. The van der Waals surface area contributed by atoms with Crippen molar-refractivity contribution in [2.45, 2.75) is 94.7 Å². The number of carbonyl (C=O) groups excluding carboxylic acids is 1. The van der Waals surface area contributed by atoms with Gasteiger partial charge in [-0.25, -0.2) is 18.0 Å². The summed E-state index contributed by atoms with van der Waals surface area (Å²) in [6, 6.07) is -0.619. The number of amides is 1. The normalized spacial score (nSPS) is 30.5. The molecular weight excluding hydrogens is 619 g/mol. The molecule has 1 aromatic heterocycles. The lowest BCUT2D eigenvalue weighted by Gasteiger charge is -2.48. The number of nitrogens with zero attached hydrogens (tertiary/aromatic N) is 5. The number of piperazine rings is 1. The zero-order valence-corrected chi connectivity index (χ0v) is 25.6. The number of ether oxygens (including phenoxy) is 3. The summed E-state index contributed by atoms with van der Waals surface area (Å²) in [6.07, 6.45) is 2.86. The highest BCUT2D eigenvalue weighted by molar-refractivity contribution is 9.10. The molecule has 4 saturated heterocycles. The first kappa shape index (κ1) is 28.2. The molecule has 9 nitrogen and oxygen atoms in total. The molecule has 0 spiro atoms. The van der Waals surface area contributed by atoms with Crippen LogP contribution in [0, 0.1) is 11.6 Å². The minimum atomic E-state index is -0.923. The van der Waals surface area contributed by atoms with Crippen molar-refractivity contribution in [3.05, 3.63) is 16.1 Å². The monoisotopic (exact) mass is 653 g/mol. The van der Waals surface area contributed by atoms with Gasteiger partial charge in [-0.05, 0) is 68.9 Å². The first-order valence-corrected chi connectivity index (χ1v) is 15.6. The Bertz CT molecular complexity index is 1440. The fourth-order valence-corrected chi connectivity index (χ4v) is 8.14. The van der Waals surface area contributed by atoms with Crippen LogP contribution in [0.3, 0.4) is 0 Å². The van der Waals surface area contributed by atoms with Crippen LogP contribution in [0.4, 0.5) is 23.8 Å². The maximum atomic E-state index is 15.7. The zero-order chi connectivity index (χ0) is 29.6. The summed E-state index contributed by atoms with van der Waals surface area (Å²) in [7, 11) is 0. The lowest BCUT2D eigenvalue weighted by atomic mass is 9.95. The first-order valence-electron chi connectivity index (χ1n) is 14.8. The van der Waals surface area contributed by atoms with E-state index in [4.69, 9.17) is 19.2 Å². The minimum Gasteiger partial charge on any atom is -0.490 e. The van der Waals surface area contributed by atoms with Gasteiger partial charge in [-0.2, -0.15) is 9.97 Å². The van der Waals surface area contributed by atoms with E-state index in [-0.39, 0.29) is 64.6 Å². The fraction of sp³-hybridized carbons (Fsp3) is 0.690. The van der Waals surface area contributed by atoms with Crippen LogP contribution in [0.1, 0.15) is 59.3 Å². The van der Waals surface area contributed by atoms with Crippen molar-refractivity contribution in [1.82, 2.24) is 19.8 Å². The van der Waals surface area contributed by atoms with E-state index in [1.165, 1.54) is 0 Å². The van der Waals surface area contributed by atoms with Gasteiger partial charge < -0.3 is 19.1 Å². The van der Waals surface area contributed by atoms with E-state index in [1.807, 2.05) is 30.6 Å². The Kier molecular flexibility index (Phi) is 6.73. The maximum Gasteiger partial charge on any atom is 0.410 e. The number of halogens is 4. The molecule has 0 aliphatic carbocycles. The molecule has 5 aliphatic rings. The summed E-state index contributed by atoms with van der Waals surface area (Å²) in [6.45, 7) is 7.45. The van der Waals surface area contributed by atoms with Crippen LogP contribution >= 0.6 is 15.9 Å². The van der Waals surface area contributed by atoms with Gasteiger partial charge in [0.25, 0.3) is 0 Å². The number of hydrogen-bond donors (Lipinski definition) is 0. The van der Waals surface area contributed by atoms with Crippen molar-refractivity contribution in [3.63, 3.8) is 0 Å². The number of hydrogen-bond acceptors (Lipinski definition) is 8. The van der Waals surface area contributed by atoms with Crippen LogP contribution in [0.5, 0.6) is 11.8 Å². The molecule has 2 bridgehead atoms. The average molecular weight is 655 g/mol. The number of fused-ring (bicyclic) bond motifs is 6. The summed E-state index contributed by atoms with van der Waals surface area (Å²) in [5.74, 6) is -1.53. The molecule has 0 saturated carbocycles. The molecule has 5 atom stereocenters. The molecule has 2 aromatic rings. The van der Waals surface area contributed by atoms with Gasteiger partial charge in [-0.3, -0.25) is 9.80 Å². The van der Waals surface area contributed by atoms with Crippen molar-refractivity contribution in [3.8, 4) is 11.8 Å². The third-order valence-corrected chi connectivity index (χ3v) is 10.2. The van der Waals surface area contributed by atoms with Crippen LogP contribution in [0.15, 0.2) is 4.47 Å². The highest BCUT2D eigenvalue weighted by Gasteiger charge is 2.52. The molecule has 1 amide bonds. The van der Waals surface area contributed by atoms with Gasteiger partial charge in [0.15, 0.2) is 17.4 Å². The van der Waals surface area contributed by atoms with E-state index in [2.05, 4.69) is 25.8 Å². The van der Waals surface area contributed by atoms with Gasteiger partial charge in [0, 0.05) is 25.9 Å². The van der Waals surface area contributed by atoms with Crippen LogP contribution in [-0.4, -0.2) is 94.1 Å². The average Bonchev–Trinajstić information content (AvgIpc) is 3.55. The van der Waals surface area contributed by atoms with E-state index in [0.717, 1.165) is 32.2 Å². The van der Waals surface area contributed by atoms with Gasteiger partial charge in [0.2, 0.25) is 0 Å². The van der Waals surface area contributed by atoms with Gasteiger partial charge in [0.05, 0.1) is 40.1 Å². The largest absolute Gasteiger partial charge is 0.490 e. The second-order valence-corrected chi connectivity index (χ2v) is 14.0. The first-order chi connectivity index (χ1) is 20.0. The number of anilines is 1. The van der Waals surface area contributed by atoms with Gasteiger partial charge in [0.1, 0.15) is 29.7 Å². The van der Waals surface area contributed by atoms with E-state index in [0.29, 0.717) is 31.7 Å². The predicted octanol–water partition coefficient (Wildman–Crippen LogP) is 5.36. The molecule has 228 valence electrons. The van der Waals surface area contributed by atoms with E-state index >= 15 is 8.78 Å². The Morgan fingerprint density at radius 2 is 1.95 bits per heavy atom. The standard InChI is InChI=1S/C29H35BrF3N5O4/c1-28(2,3)42-27(39)38-16-5-6-18(38)17-7-10-40-24-19-23(21(32)20(30)22(24)33)34-26(35-25(19)37(17)13-16)41-14-29-8-4-9-36(29)12-15(31)11-29/h15-18H,4-14H2,1-3H3/t15-,16?,17?,18?,29+/m1/s1. The molecular formula is C29H35BrF3N5O4. The smallest absolute Gasteiger partial charge is 0.410 e. The van der Waals surface area contributed by atoms with Crippen molar-refractivity contribution < 1.29 is 32.2 Å². The van der Waals surface area contributed by atoms with Crippen molar-refractivity contribution in [2.75, 3.05) is 37.7 Å². The summed E-state index contributed by atoms with van der Waals surface area (Å²) >= 11 is 3.04. The quantitative estimate of drug-likeness (QED) is 0.410. The number of benzene rings is 1. The lowest BCUT2D eigenvalue weighted by molar-refractivity contribution is 0.00638. The van der Waals surface area contributed by atoms with Crippen molar-refractivity contribution in [2.24, 2.45) is 0 Å². The second-order valence-electron chi connectivity index (χ2n) is 13.2. The minimum absolute atomic E-state index is 0.0503. The molecule has 5 aliphatic heterocycles. The zero-order valence-electron chi connectivity index (χ0n) is 24.0. The van der Waals surface area contributed by atoms with Gasteiger partial charge in [-0.1, -0.05) is 0 Å².